The average molecular weight is 139 g/mol. The van der Waals surface area contributed by atoms with Gasteiger partial charge in [-0.1, -0.05) is 13.3 Å². The molecule has 10 heavy (non-hydrogen) atoms. The summed E-state index contributed by atoms with van der Waals surface area (Å²) in [5, 5.41) is 0. The Bertz CT molecular complexity index is 155. The van der Waals surface area contributed by atoms with Crippen molar-refractivity contribution < 1.29 is 4.79 Å². The molecule has 0 bridgehead atoms. The Hall–Kier alpha value is -0.620. The summed E-state index contributed by atoms with van der Waals surface area (Å²) in [5.74, 6) is 0. The minimum Gasteiger partial charge on any atom is -0.211 e. The van der Waals surface area contributed by atoms with Gasteiger partial charge >= 0.3 is 0 Å². The van der Waals surface area contributed by atoms with Crippen LogP contribution in [-0.2, 0) is 4.79 Å². The highest BCUT2D eigenvalue weighted by molar-refractivity contribution is 5.33. The average Bonchev–Trinajstić information content (AvgIpc) is 2.67. The molecule has 0 aromatic heterocycles. The van der Waals surface area contributed by atoms with E-state index in [9.17, 15) is 4.79 Å². The molecule has 56 valence electrons. The highest BCUT2D eigenvalue weighted by Crippen LogP contribution is 2.49. The van der Waals surface area contributed by atoms with E-state index in [-0.39, 0.29) is 0 Å². The number of rotatable bonds is 4. The van der Waals surface area contributed by atoms with E-state index in [1.54, 1.807) is 6.08 Å². The maximum Gasteiger partial charge on any atom is 0.234 e. The molecule has 1 aliphatic carbocycles. The standard InChI is InChI=1S/C8H13NO/c1-2-3-8(4-5-8)6-9-7-10/h2-6H2,1H3. The number of hydrogen-bond acceptors (Lipinski definition) is 2. The van der Waals surface area contributed by atoms with Gasteiger partial charge in [0.15, 0.2) is 0 Å². The first-order valence-electron chi connectivity index (χ1n) is 3.87. The molecule has 0 aromatic carbocycles. The van der Waals surface area contributed by atoms with Gasteiger partial charge in [-0.25, -0.2) is 9.79 Å². The maximum absolute atomic E-state index is 9.79. The van der Waals surface area contributed by atoms with Crippen molar-refractivity contribution >= 4 is 6.08 Å². The van der Waals surface area contributed by atoms with Crippen LogP contribution in [0.2, 0.25) is 0 Å². The van der Waals surface area contributed by atoms with Crippen molar-refractivity contribution in [2.24, 2.45) is 10.4 Å². The van der Waals surface area contributed by atoms with Crippen LogP contribution in [0.4, 0.5) is 0 Å². The minimum absolute atomic E-state index is 0.423. The normalized spacial score (nSPS) is 19.7. The number of aliphatic imine (C=N–C) groups is 1. The molecule has 0 radical (unpaired) electrons. The molecule has 0 heterocycles. The molecule has 0 aromatic rings. The smallest absolute Gasteiger partial charge is 0.211 e. The van der Waals surface area contributed by atoms with E-state index in [1.165, 1.54) is 25.7 Å². The van der Waals surface area contributed by atoms with Crippen LogP contribution in [0.5, 0.6) is 0 Å². The van der Waals surface area contributed by atoms with Crippen molar-refractivity contribution in [3.8, 4) is 0 Å². The van der Waals surface area contributed by atoms with Gasteiger partial charge in [-0.2, -0.15) is 0 Å². The topological polar surface area (TPSA) is 29.4 Å². The lowest BCUT2D eigenvalue weighted by atomic mass is 10.0. The fourth-order valence-electron chi connectivity index (χ4n) is 1.39. The molecule has 1 saturated carbocycles. The summed E-state index contributed by atoms with van der Waals surface area (Å²) in [6.07, 6.45) is 6.53. The zero-order valence-electron chi connectivity index (χ0n) is 6.39. The van der Waals surface area contributed by atoms with Crippen LogP contribution in [0.25, 0.3) is 0 Å². The molecule has 2 nitrogen and oxygen atoms in total. The van der Waals surface area contributed by atoms with Crippen LogP contribution >= 0.6 is 0 Å². The molecule has 1 rings (SSSR count). The summed E-state index contributed by atoms with van der Waals surface area (Å²) in [6, 6.07) is 0. The summed E-state index contributed by atoms with van der Waals surface area (Å²) in [6.45, 7) is 2.88. The van der Waals surface area contributed by atoms with Crippen LogP contribution in [0.3, 0.4) is 0 Å². The number of nitrogens with zero attached hydrogens (tertiary/aromatic N) is 1. The van der Waals surface area contributed by atoms with E-state index < -0.39 is 0 Å². The zero-order chi connectivity index (χ0) is 7.45. The van der Waals surface area contributed by atoms with Crippen LogP contribution < -0.4 is 0 Å². The predicted octanol–water partition coefficient (Wildman–Crippen LogP) is 1.90. The van der Waals surface area contributed by atoms with E-state index in [0.717, 1.165) is 0 Å². The first-order chi connectivity index (χ1) is 4.83. The lowest BCUT2D eigenvalue weighted by Gasteiger charge is -2.07. The second-order valence-corrected chi connectivity index (χ2v) is 3.16. The lowest BCUT2D eigenvalue weighted by Crippen LogP contribution is -2.03. The third kappa shape index (κ3) is 1.68. The van der Waals surface area contributed by atoms with Gasteiger partial charge in [0, 0.05) is 0 Å². The molecule has 1 fully saturated rings. The Balaban J connectivity index is 2.29. The monoisotopic (exact) mass is 139 g/mol. The fourth-order valence-corrected chi connectivity index (χ4v) is 1.39. The van der Waals surface area contributed by atoms with Gasteiger partial charge in [0.25, 0.3) is 0 Å². The van der Waals surface area contributed by atoms with Crippen molar-refractivity contribution in [1.82, 2.24) is 0 Å². The van der Waals surface area contributed by atoms with E-state index >= 15 is 0 Å². The Morgan fingerprint density at radius 1 is 1.60 bits per heavy atom. The third-order valence-electron chi connectivity index (χ3n) is 2.22. The summed E-state index contributed by atoms with van der Waals surface area (Å²) in [5.41, 5.74) is 0.423. The Morgan fingerprint density at radius 3 is 2.70 bits per heavy atom. The van der Waals surface area contributed by atoms with Gasteiger partial charge in [-0.15, -0.1) is 0 Å². The quantitative estimate of drug-likeness (QED) is 0.432. The van der Waals surface area contributed by atoms with Gasteiger partial charge in [0.1, 0.15) is 0 Å². The zero-order valence-corrected chi connectivity index (χ0v) is 6.39. The second kappa shape index (κ2) is 2.98. The molecule has 2 heteroatoms. The summed E-state index contributed by atoms with van der Waals surface area (Å²) >= 11 is 0. The largest absolute Gasteiger partial charge is 0.234 e. The Kier molecular flexibility index (Phi) is 2.23. The fraction of sp³-hybridized carbons (Fsp3) is 0.875. The van der Waals surface area contributed by atoms with E-state index in [0.29, 0.717) is 12.0 Å². The molecule has 0 aliphatic heterocycles. The highest BCUT2D eigenvalue weighted by atomic mass is 16.1. The van der Waals surface area contributed by atoms with Gasteiger partial charge < -0.3 is 0 Å². The number of hydrogen-bond donors (Lipinski definition) is 0. The van der Waals surface area contributed by atoms with Crippen molar-refractivity contribution in [2.75, 3.05) is 6.54 Å². The summed E-state index contributed by atoms with van der Waals surface area (Å²) in [7, 11) is 0. The Morgan fingerprint density at radius 2 is 2.30 bits per heavy atom. The molecule has 1 aliphatic rings. The first-order valence-corrected chi connectivity index (χ1v) is 3.87. The van der Waals surface area contributed by atoms with Crippen molar-refractivity contribution in [2.45, 2.75) is 32.6 Å². The SMILES string of the molecule is CCCC1(CN=C=O)CC1. The van der Waals surface area contributed by atoms with Crippen molar-refractivity contribution in [3.05, 3.63) is 0 Å². The third-order valence-corrected chi connectivity index (χ3v) is 2.22. The van der Waals surface area contributed by atoms with Crippen LogP contribution in [0, 0.1) is 5.41 Å². The second-order valence-electron chi connectivity index (χ2n) is 3.16. The molecule has 0 atom stereocenters. The van der Waals surface area contributed by atoms with Gasteiger partial charge in [-0.05, 0) is 24.7 Å². The minimum atomic E-state index is 0.423. The molecule has 0 N–H and O–H groups in total. The van der Waals surface area contributed by atoms with Crippen molar-refractivity contribution in [1.29, 1.82) is 0 Å². The molecule has 0 spiro atoms. The van der Waals surface area contributed by atoms with Crippen LogP contribution in [0.1, 0.15) is 32.6 Å². The molecule has 0 saturated heterocycles. The van der Waals surface area contributed by atoms with E-state index in [2.05, 4.69) is 11.9 Å². The van der Waals surface area contributed by atoms with Gasteiger partial charge in [0.05, 0.1) is 6.54 Å². The molecule has 0 unspecified atom stereocenters. The summed E-state index contributed by atoms with van der Waals surface area (Å²) in [4.78, 5) is 13.4. The predicted molar refractivity (Wildman–Crippen MR) is 39.6 cm³/mol. The number of carbonyl (C=O) groups excluding carboxylic acids is 1. The van der Waals surface area contributed by atoms with Crippen LogP contribution in [-0.4, -0.2) is 12.6 Å². The molecular formula is C8H13NO. The molecular weight excluding hydrogens is 126 g/mol. The number of isocyanates is 1. The van der Waals surface area contributed by atoms with Crippen molar-refractivity contribution in [3.63, 3.8) is 0 Å². The van der Waals surface area contributed by atoms with E-state index in [1.807, 2.05) is 0 Å². The van der Waals surface area contributed by atoms with Crippen LogP contribution in [0.15, 0.2) is 4.99 Å². The van der Waals surface area contributed by atoms with Gasteiger partial charge in [-0.3, -0.25) is 0 Å². The summed E-state index contributed by atoms with van der Waals surface area (Å²) < 4.78 is 0. The first kappa shape index (κ1) is 7.49. The lowest BCUT2D eigenvalue weighted by molar-refractivity contribution is 0.469. The Labute approximate surface area is 61.3 Å². The van der Waals surface area contributed by atoms with Gasteiger partial charge in [0.2, 0.25) is 6.08 Å². The maximum atomic E-state index is 9.79. The molecule has 0 amide bonds. The van der Waals surface area contributed by atoms with E-state index in [4.69, 9.17) is 0 Å². The highest BCUT2D eigenvalue weighted by Gasteiger charge is 2.41.